The number of amides is 1. The molecule has 0 unspecified atom stereocenters. The van der Waals surface area contributed by atoms with E-state index in [1.165, 1.54) is 7.11 Å². The van der Waals surface area contributed by atoms with Crippen LogP contribution in [-0.2, 0) is 20.9 Å². The van der Waals surface area contributed by atoms with Gasteiger partial charge in [0, 0.05) is 19.1 Å². The standard InChI is InChI=1S/C23H26N2O4/c1-28-19-10-8-16(9-11-19)13-24-14-18-12-20(23(27)29-2)22(25(18)21(26)15-24)17-6-4-3-5-7-17/h3-11,18,20,22H,12-15H2,1-2H3/t18-,20-,22-/m0/s1. The van der Waals surface area contributed by atoms with Crippen molar-refractivity contribution < 1.29 is 19.1 Å². The zero-order valence-corrected chi connectivity index (χ0v) is 16.8. The van der Waals surface area contributed by atoms with Crippen molar-refractivity contribution in [1.82, 2.24) is 9.80 Å². The molecular weight excluding hydrogens is 368 g/mol. The van der Waals surface area contributed by atoms with Crippen molar-refractivity contribution in [1.29, 1.82) is 0 Å². The first-order valence-electron chi connectivity index (χ1n) is 9.90. The first-order valence-corrected chi connectivity index (χ1v) is 9.90. The third-order valence-corrected chi connectivity index (χ3v) is 5.93. The Morgan fingerprint density at radius 3 is 2.45 bits per heavy atom. The number of hydrogen-bond acceptors (Lipinski definition) is 5. The summed E-state index contributed by atoms with van der Waals surface area (Å²) in [7, 11) is 3.06. The molecule has 1 amide bonds. The quantitative estimate of drug-likeness (QED) is 0.730. The maximum absolute atomic E-state index is 13.1. The molecule has 6 heteroatoms. The van der Waals surface area contributed by atoms with Crippen molar-refractivity contribution in [3.8, 4) is 5.75 Å². The molecule has 2 fully saturated rings. The fourth-order valence-electron chi connectivity index (χ4n) is 4.64. The third-order valence-electron chi connectivity index (χ3n) is 5.93. The summed E-state index contributed by atoms with van der Waals surface area (Å²) >= 11 is 0. The smallest absolute Gasteiger partial charge is 0.311 e. The molecule has 0 aromatic heterocycles. The summed E-state index contributed by atoms with van der Waals surface area (Å²) in [6.45, 7) is 1.79. The number of rotatable bonds is 5. The van der Waals surface area contributed by atoms with Crippen LogP contribution in [0.5, 0.6) is 5.75 Å². The Balaban J connectivity index is 1.54. The van der Waals surface area contributed by atoms with Crippen LogP contribution in [-0.4, -0.2) is 55.0 Å². The molecule has 2 aromatic rings. The zero-order chi connectivity index (χ0) is 20.4. The Kier molecular flexibility index (Phi) is 5.53. The highest BCUT2D eigenvalue weighted by molar-refractivity contribution is 5.83. The summed E-state index contributed by atoms with van der Waals surface area (Å²) < 4.78 is 10.3. The molecular formula is C23H26N2O4. The van der Waals surface area contributed by atoms with Crippen LogP contribution < -0.4 is 4.74 Å². The molecule has 2 aromatic carbocycles. The molecule has 29 heavy (non-hydrogen) atoms. The van der Waals surface area contributed by atoms with Crippen LogP contribution in [0.3, 0.4) is 0 Å². The molecule has 2 saturated heterocycles. The fourth-order valence-corrected chi connectivity index (χ4v) is 4.64. The van der Waals surface area contributed by atoms with E-state index in [0.29, 0.717) is 19.5 Å². The maximum Gasteiger partial charge on any atom is 0.311 e. The normalized spacial score (nSPS) is 24.3. The Hall–Kier alpha value is -2.86. The molecule has 0 spiro atoms. The van der Waals surface area contributed by atoms with Gasteiger partial charge in [0.05, 0.1) is 32.7 Å². The molecule has 3 atom stereocenters. The van der Waals surface area contributed by atoms with E-state index in [4.69, 9.17) is 9.47 Å². The van der Waals surface area contributed by atoms with Crippen LogP contribution in [0.4, 0.5) is 0 Å². The lowest BCUT2D eigenvalue weighted by atomic mass is 9.93. The average molecular weight is 394 g/mol. The minimum absolute atomic E-state index is 0.00352. The first kappa shape index (κ1) is 19.5. The van der Waals surface area contributed by atoms with Gasteiger partial charge in [0.15, 0.2) is 0 Å². The summed E-state index contributed by atoms with van der Waals surface area (Å²) in [5, 5.41) is 0. The fraction of sp³-hybridized carbons (Fsp3) is 0.391. The van der Waals surface area contributed by atoms with Crippen molar-refractivity contribution in [2.45, 2.75) is 25.0 Å². The summed E-state index contributed by atoms with van der Waals surface area (Å²) in [5.74, 6) is 0.298. The number of benzene rings is 2. The minimum Gasteiger partial charge on any atom is -0.497 e. The Morgan fingerprint density at radius 1 is 1.07 bits per heavy atom. The number of carbonyl (C=O) groups excluding carboxylic acids is 2. The third kappa shape index (κ3) is 3.85. The van der Waals surface area contributed by atoms with Gasteiger partial charge in [-0.2, -0.15) is 0 Å². The van der Waals surface area contributed by atoms with Gasteiger partial charge in [0.25, 0.3) is 0 Å². The molecule has 152 valence electrons. The number of nitrogens with zero attached hydrogens (tertiary/aromatic N) is 2. The lowest BCUT2D eigenvalue weighted by Crippen LogP contribution is -2.53. The maximum atomic E-state index is 13.1. The predicted octanol–water partition coefficient (Wildman–Crippen LogP) is 2.64. The second-order valence-corrected chi connectivity index (χ2v) is 7.69. The average Bonchev–Trinajstić information content (AvgIpc) is 3.14. The van der Waals surface area contributed by atoms with Gasteiger partial charge >= 0.3 is 5.97 Å². The van der Waals surface area contributed by atoms with Crippen LogP contribution in [0.25, 0.3) is 0 Å². The molecule has 2 aliphatic rings. The van der Waals surface area contributed by atoms with E-state index in [-0.39, 0.29) is 29.9 Å². The van der Waals surface area contributed by atoms with E-state index in [1.807, 2.05) is 59.5 Å². The molecule has 2 heterocycles. The van der Waals surface area contributed by atoms with Crippen molar-refractivity contribution in [3.05, 3.63) is 65.7 Å². The van der Waals surface area contributed by atoms with E-state index >= 15 is 0 Å². The highest BCUT2D eigenvalue weighted by Gasteiger charge is 2.50. The summed E-state index contributed by atoms with van der Waals surface area (Å²) in [6.07, 6.45) is 0.622. The van der Waals surface area contributed by atoms with Gasteiger partial charge < -0.3 is 14.4 Å². The molecule has 0 aliphatic carbocycles. The van der Waals surface area contributed by atoms with Crippen LogP contribution >= 0.6 is 0 Å². The molecule has 0 bridgehead atoms. The summed E-state index contributed by atoms with van der Waals surface area (Å²) in [4.78, 5) is 29.7. The number of ether oxygens (including phenoxy) is 2. The van der Waals surface area contributed by atoms with Gasteiger partial charge in [-0.3, -0.25) is 14.5 Å². The van der Waals surface area contributed by atoms with E-state index in [2.05, 4.69) is 4.90 Å². The number of methoxy groups -OCH3 is 2. The van der Waals surface area contributed by atoms with Crippen LogP contribution in [0, 0.1) is 5.92 Å². The largest absolute Gasteiger partial charge is 0.497 e. The van der Waals surface area contributed by atoms with Gasteiger partial charge in [0.2, 0.25) is 5.91 Å². The van der Waals surface area contributed by atoms with Gasteiger partial charge in [-0.05, 0) is 29.7 Å². The van der Waals surface area contributed by atoms with Crippen LogP contribution in [0.1, 0.15) is 23.6 Å². The van der Waals surface area contributed by atoms with Crippen molar-refractivity contribution in [2.24, 2.45) is 5.92 Å². The zero-order valence-electron chi connectivity index (χ0n) is 16.8. The Labute approximate surface area is 171 Å². The number of piperazine rings is 1. The molecule has 4 rings (SSSR count). The van der Waals surface area contributed by atoms with E-state index < -0.39 is 0 Å². The van der Waals surface area contributed by atoms with Gasteiger partial charge in [0.1, 0.15) is 5.75 Å². The van der Waals surface area contributed by atoms with Crippen molar-refractivity contribution >= 4 is 11.9 Å². The molecule has 6 nitrogen and oxygen atoms in total. The predicted molar refractivity (Wildman–Crippen MR) is 108 cm³/mol. The van der Waals surface area contributed by atoms with E-state index in [1.54, 1.807) is 7.11 Å². The monoisotopic (exact) mass is 394 g/mol. The molecule has 0 saturated carbocycles. The van der Waals surface area contributed by atoms with Crippen molar-refractivity contribution in [3.63, 3.8) is 0 Å². The van der Waals surface area contributed by atoms with Crippen molar-refractivity contribution in [2.75, 3.05) is 27.3 Å². The highest BCUT2D eigenvalue weighted by Crippen LogP contribution is 2.43. The minimum atomic E-state index is -0.336. The Bertz CT molecular complexity index is 868. The molecule has 0 radical (unpaired) electrons. The lowest BCUT2D eigenvalue weighted by molar-refractivity contribution is -0.147. The van der Waals surface area contributed by atoms with Gasteiger partial charge in [-0.1, -0.05) is 42.5 Å². The number of fused-ring (bicyclic) bond motifs is 1. The lowest BCUT2D eigenvalue weighted by Gasteiger charge is -2.40. The van der Waals surface area contributed by atoms with Gasteiger partial charge in [-0.15, -0.1) is 0 Å². The van der Waals surface area contributed by atoms with Gasteiger partial charge in [-0.25, -0.2) is 0 Å². The van der Waals surface area contributed by atoms with E-state index in [9.17, 15) is 9.59 Å². The molecule has 2 aliphatic heterocycles. The summed E-state index contributed by atoms with van der Waals surface area (Å²) in [6, 6.07) is 17.5. The van der Waals surface area contributed by atoms with E-state index in [0.717, 1.165) is 23.4 Å². The first-order chi connectivity index (χ1) is 14.1. The molecule has 0 N–H and O–H groups in total. The number of carbonyl (C=O) groups is 2. The second-order valence-electron chi connectivity index (χ2n) is 7.69. The van der Waals surface area contributed by atoms with Crippen LogP contribution in [0.15, 0.2) is 54.6 Å². The Morgan fingerprint density at radius 2 is 1.79 bits per heavy atom. The topological polar surface area (TPSA) is 59.1 Å². The second kappa shape index (κ2) is 8.25. The summed E-state index contributed by atoms with van der Waals surface area (Å²) in [5.41, 5.74) is 2.12. The number of hydrogen-bond donors (Lipinski definition) is 0. The van der Waals surface area contributed by atoms with Crippen LogP contribution in [0.2, 0.25) is 0 Å². The number of esters is 1. The highest BCUT2D eigenvalue weighted by atomic mass is 16.5. The SMILES string of the molecule is COC(=O)[C@H]1C[C@H]2CN(Cc3ccc(OC)cc3)CC(=O)N2[C@H]1c1ccccc1.